The molecule has 0 fully saturated rings. The monoisotopic (exact) mass is 360 g/mol. The second-order valence-corrected chi connectivity index (χ2v) is 8.32. The maximum absolute atomic E-state index is 13.3. The fourth-order valence-corrected chi connectivity index (χ4v) is 5.08. The lowest BCUT2D eigenvalue weighted by Gasteiger charge is -2.17. The van der Waals surface area contributed by atoms with Gasteiger partial charge in [-0.05, 0) is 42.8 Å². The summed E-state index contributed by atoms with van der Waals surface area (Å²) in [4.78, 5) is 0.307. The molecule has 1 aliphatic rings. The number of rotatable bonds is 2. The number of aryl methyl sites for hydroxylation is 1. The predicted octanol–water partition coefficient (Wildman–Crippen LogP) is 3.49. The zero-order valence-corrected chi connectivity index (χ0v) is 14.8. The van der Waals surface area contributed by atoms with Crippen LogP contribution in [-0.4, -0.2) is 18.9 Å². The fourth-order valence-electron chi connectivity index (χ4n) is 3.31. The van der Waals surface area contributed by atoms with Crippen molar-refractivity contribution in [3.63, 3.8) is 0 Å². The Morgan fingerprint density at radius 1 is 1.12 bits per heavy atom. The van der Waals surface area contributed by atoms with Gasteiger partial charge in [0.15, 0.2) is 0 Å². The molecule has 1 N–H and O–H groups in total. The van der Waals surface area contributed by atoms with Gasteiger partial charge in [-0.3, -0.25) is 0 Å². The lowest BCUT2D eigenvalue weighted by Crippen LogP contribution is -2.26. The summed E-state index contributed by atoms with van der Waals surface area (Å²) in [5.41, 5.74) is 3.60. The Bertz CT molecular complexity index is 1040. The molecule has 3 aromatic rings. The molecule has 0 radical (unpaired) electrons. The van der Waals surface area contributed by atoms with Gasteiger partial charge in [-0.2, -0.15) is 0 Å². The van der Waals surface area contributed by atoms with Crippen LogP contribution in [0.2, 0.25) is 5.02 Å². The number of nitrogens with one attached hydrogen (secondary N) is 1. The Hall–Kier alpha value is -1.82. The van der Waals surface area contributed by atoms with Gasteiger partial charge in [0, 0.05) is 35.6 Å². The van der Waals surface area contributed by atoms with Crippen LogP contribution in [0.4, 0.5) is 0 Å². The Morgan fingerprint density at radius 3 is 2.62 bits per heavy atom. The summed E-state index contributed by atoms with van der Waals surface area (Å²) in [6.45, 7) is 3.36. The molecule has 6 heteroatoms. The van der Waals surface area contributed by atoms with Crippen molar-refractivity contribution in [1.82, 2.24) is 9.29 Å². The highest BCUT2D eigenvalue weighted by Gasteiger charge is 2.28. The van der Waals surface area contributed by atoms with Crippen molar-refractivity contribution in [2.75, 3.05) is 6.54 Å². The molecule has 0 aliphatic carbocycles. The second kappa shape index (κ2) is 5.62. The third-order valence-electron chi connectivity index (χ3n) is 4.50. The lowest BCUT2D eigenvalue weighted by atomic mass is 10.1. The number of halogens is 1. The minimum atomic E-state index is -3.65. The third-order valence-corrected chi connectivity index (χ3v) is 6.50. The number of hydrogen-bond donors (Lipinski definition) is 1. The first-order chi connectivity index (χ1) is 11.5. The van der Waals surface area contributed by atoms with Crippen LogP contribution in [-0.2, 0) is 23.0 Å². The maximum atomic E-state index is 13.3. The van der Waals surface area contributed by atoms with Crippen LogP contribution in [0.1, 0.15) is 16.8 Å². The smallest absolute Gasteiger partial charge is 0.268 e. The molecule has 1 aromatic heterocycles. The van der Waals surface area contributed by atoms with Gasteiger partial charge in [0.25, 0.3) is 10.0 Å². The highest BCUT2D eigenvalue weighted by Crippen LogP contribution is 2.33. The zero-order chi connectivity index (χ0) is 16.9. The van der Waals surface area contributed by atoms with E-state index in [2.05, 4.69) is 5.32 Å². The molecule has 0 unspecified atom stereocenters. The number of hydrogen-bond acceptors (Lipinski definition) is 3. The van der Waals surface area contributed by atoms with Crippen LogP contribution in [0, 0.1) is 6.92 Å². The summed E-state index contributed by atoms with van der Waals surface area (Å²) in [6.07, 6.45) is 0.673. The van der Waals surface area contributed by atoms with Gasteiger partial charge in [0.05, 0.1) is 10.4 Å². The zero-order valence-electron chi connectivity index (χ0n) is 13.2. The molecule has 4 nitrogen and oxygen atoms in total. The molecule has 4 rings (SSSR count). The molecule has 0 saturated heterocycles. The van der Waals surface area contributed by atoms with Gasteiger partial charge in [-0.1, -0.05) is 29.3 Å². The van der Waals surface area contributed by atoms with E-state index in [0.717, 1.165) is 28.8 Å². The first-order valence-electron chi connectivity index (χ1n) is 7.83. The molecule has 0 saturated carbocycles. The molecule has 0 amide bonds. The highest BCUT2D eigenvalue weighted by atomic mass is 35.5. The molecule has 0 spiro atoms. The molecule has 0 bridgehead atoms. The van der Waals surface area contributed by atoms with E-state index in [1.807, 2.05) is 25.1 Å². The Morgan fingerprint density at radius 2 is 1.88 bits per heavy atom. The van der Waals surface area contributed by atoms with Gasteiger partial charge in [0.1, 0.15) is 0 Å². The van der Waals surface area contributed by atoms with Gasteiger partial charge in [-0.25, -0.2) is 12.4 Å². The van der Waals surface area contributed by atoms with Crippen molar-refractivity contribution < 1.29 is 8.42 Å². The average Bonchev–Trinajstić information content (AvgIpc) is 2.90. The van der Waals surface area contributed by atoms with E-state index in [-0.39, 0.29) is 0 Å². The largest absolute Gasteiger partial charge is 0.312 e. The van der Waals surface area contributed by atoms with Crippen LogP contribution in [0.25, 0.3) is 10.9 Å². The van der Waals surface area contributed by atoms with E-state index in [9.17, 15) is 8.42 Å². The van der Waals surface area contributed by atoms with Gasteiger partial charge >= 0.3 is 0 Å². The SMILES string of the molecule is Cc1ccc(S(=O)(=O)n2c3c(c4cc(Cl)ccc42)CNCC3)cc1. The quantitative estimate of drug-likeness (QED) is 0.761. The van der Waals surface area contributed by atoms with Crippen molar-refractivity contribution in [2.45, 2.75) is 24.8 Å². The van der Waals surface area contributed by atoms with Gasteiger partial charge in [-0.15, -0.1) is 0 Å². The summed E-state index contributed by atoms with van der Waals surface area (Å²) in [6, 6.07) is 12.4. The summed E-state index contributed by atoms with van der Waals surface area (Å²) in [5.74, 6) is 0. The predicted molar refractivity (Wildman–Crippen MR) is 96.1 cm³/mol. The molecule has 2 aromatic carbocycles. The maximum Gasteiger partial charge on any atom is 0.268 e. The summed E-state index contributed by atoms with van der Waals surface area (Å²) in [5, 5.41) is 4.83. The van der Waals surface area contributed by atoms with Crippen molar-refractivity contribution >= 4 is 32.5 Å². The topological polar surface area (TPSA) is 51.1 Å². The van der Waals surface area contributed by atoms with E-state index in [1.165, 1.54) is 3.97 Å². The normalized spacial score (nSPS) is 14.8. The van der Waals surface area contributed by atoms with Crippen LogP contribution < -0.4 is 5.32 Å². The van der Waals surface area contributed by atoms with E-state index in [0.29, 0.717) is 28.4 Å². The molecular weight excluding hydrogens is 344 g/mol. The van der Waals surface area contributed by atoms with Crippen molar-refractivity contribution in [1.29, 1.82) is 0 Å². The van der Waals surface area contributed by atoms with Crippen molar-refractivity contribution in [3.8, 4) is 0 Å². The van der Waals surface area contributed by atoms with E-state index in [1.54, 1.807) is 24.3 Å². The standard InChI is InChI=1S/C18H17ClN2O2S/c1-12-2-5-14(6-3-12)24(22,23)21-17-7-4-13(19)10-15(17)16-11-20-9-8-18(16)21/h2-7,10,20H,8-9,11H2,1H3. The Labute approximate surface area is 146 Å². The molecule has 1 aliphatic heterocycles. The second-order valence-electron chi connectivity index (χ2n) is 6.10. The molecule has 2 heterocycles. The highest BCUT2D eigenvalue weighted by molar-refractivity contribution is 7.90. The third kappa shape index (κ3) is 2.35. The Kier molecular flexibility index (Phi) is 3.67. The molecule has 124 valence electrons. The van der Waals surface area contributed by atoms with E-state index in [4.69, 9.17) is 11.6 Å². The first-order valence-corrected chi connectivity index (χ1v) is 9.65. The fraction of sp³-hybridized carbons (Fsp3) is 0.222. The van der Waals surface area contributed by atoms with Crippen LogP contribution in [0.15, 0.2) is 47.4 Å². The van der Waals surface area contributed by atoms with E-state index >= 15 is 0 Å². The molecule has 0 atom stereocenters. The summed E-state index contributed by atoms with van der Waals surface area (Å²) >= 11 is 6.14. The number of nitrogens with zero attached hydrogens (tertiary/aromatic N) is 1. The number of fused-ring (bicyclic) bond motifs is 3. The van der Waals surface area contributed by atoms with Crippen molar-refractivity contribution in [3.05, 3.63) is 64.3 Å². The minimum Gasteiger partial charge on any atom is -0.312 e. The lowest BCUT2D eigenvalue weighted by molar-refractivity contribution is 0.580. The van der Waals surface area contributed by atoms with Gasteiger partial charge in [0.2, 0.25) is 0 Å². The number of aromatic nitrogens is 1. The molecular formula is C18H17ClN2O2S. The summed E-state index contributed by atoms with van der Waals surface area (Å²) < 4.78 is 28.1. The van der Waals surface area contributed by atoms with E-state index < -0.39 is 10.0 Å². The van der Waals surface area contributed by atoms with Crippen molar-refractivity contribution in [2.24, 2.45) is 0 Å². The summed E-state index contributed by atoms with van der Waals surface area (Å²) in [7, 11) is -3.65. The number of benzene rings is 2. The van der Waals surface area contributed by atoms with Crippen LogP contribution in [0.3, 0.4) is 0 Å². The first kappa shape index (κ1) is 15.7. The Balaban J connectivity index is 2.04. The van der Waals surface area contributed by atoms with Gasteiger partial charge < -0.3 is 5.32 Å². The average molecular weight is 361 g/mol. The minimum absolute atomic E-state index is 0.307. The van der Waals surface area contributed by atoms with Crippen LogP contribution in [0.5, 0.6) is 0 Å². The molecule has 24 heavy (non-hydrogen) atoms. The van der Waals surface area contributed by atoms with Crippen LogP contribution >= 0.6 is 11.6 Å².